The maximum absolute atomic E-state index is 13.6. The maximum atomic E-state index is 13.6. The van der Waals surface area contributed by atoms with Gasteiger partial charge in [0.05, 0.1) is 17.3 Å². The van der Waals surface area contributed by atoms with E-state index in [0.29, 0.717) is 36.0 Å². The summed E-state index contributed by atoms with van der Waals surface area (Å²) >= 11 is 0. The lowest BCUT2D eigenvalue weighted by molar-refractivity contribution is -0.139. The number of halogens is 4. The van der Waals surface area contributed by atoms with Crippen LogP contribution in [0.15, 0.2) is 29.2 Å². The predicted molar refractivity (Wildman–Crippen MR) is 112 cm³/mol. The van der Waals surface area contributed by atoms with Crippen molar-refractivity contribution in [2.75, 3.05) is 18.0 Å². The summed E-state index contributed by atoms with van der Waals surface area (Å²) in [4.78, 5) is 20.5. The number of rotatable bonds is 3. The molecule has 0 bridgehead atoms. The molecule has 3 aromatic rings. The minimum Gasteiger partial charge on any atom is -0.349 e. The molecule has 1 aliphatic heterocycles. The molecule has 11 heteroatoms. The van der Waals surface area contributed by atoms with Crippen molar-refractivity contribution in [2.45, 2.75) is 45.1 Å². The highest BCUT2D eigenvalue weighted by molar-refractivity contribution is 5.85. The van der Waals surface area contributed by atoms with Crippen LogP contribution in [0.25, 0.3) is 11.0 Å². The summed E-state index contributed by atoms with van der Waals surface area (Å²) in [6.45, 7) is 6.43. The Kier molecular flexibility index (Phi) is 5.48. The van der Waals surface area contributed by atoms with Crippen LogP contribution in [0.3, 0.4) is 0 Å². The smallest absolute Gasteiger partial charge is 0.349 e. The van der Waals surface area contributed by atoms with Crippen molar-refractivity contribution in [3.63, 3.8) is 0 Å². The first-order valence-corrected chi connectivity index (χ1v) is 10.3. The van der Waals surface area contributed by atoms with E-state index < -0.39 is 29.3 Å². The van der Waals surface area contributed by atoms with Gasteiger partial charge in [-0.1, -0.05) is 6.07 Å². The van der Waals surface area contributed by atoms with Crippen LogP contribution < -0.4 is 10.6 Å². The summed E-state index contributed by atoms with van der Waals surface area (Å²) < 4.78 is 55.6. The van der Waals surface area contributed by atoms with Crippen molar-refractivity contribution >= 4 is 16.9 Å². The second-order valence-electron chi connectivity index (χ2n) is 8.36. The largest absolute Gasteiger partial charge is 0.416 e. The summed E-state index contributed by atoms with van der Waals surface area (Å²) in [5.41, 5.74) is -0.0817. The summed E-state index contributed by atoms with van der Waals surface area (Å²) in [6, 6.07) is 1.93. The summed E-state index contributed by atoms with van der Waals surface area (Å²) in [7, 11) is 1.61. The van der Waals surface area contributed by atoms with E-state index >= 15 is 0 Å². The first-order chi connectivity index (χ1) is 15.0. The Morgan fingerprint density at radius 1 is 1.19 bits per heavy atom. The molecule has 1 aromatic carbocycles. The normalized spacial score (nSPS) is 21.3. The SMILES string of the molecule is CC(c1ccc(F)cc1C(F)(F)F)N1C[C@H](C)N(c2nc(=O)n(C)c3cn[nH]c23)C[C@H]1C. The Labute approximate surface area is 181 Å². The summed E-state index contributed by atoms with van der Waals surface area (Å²) in [5.74, 6) is -0.440. The number of piperazine rings is 1. The molecule has 3 heterocycles. The number of hydrogen-bond donors (Lipinski definition) is 1. The van der Waals surface area contributed by atoms with Crippen LogP contribution in [-0.4, -0.2) is 49.8 Å². The van der Waals surface area contributed by atoms with Gasteiger partial charge in [-0.2, -0.15) is 23.3 Å². The van der Waals surface area contributed by atoms with Crippen molar-refractivity contribution in [3.05, 3.63) is 51.8 Å². The molecule has 172 valence electrons. The third kappa shape index (κ3) is 3.74. The lowest BCUT2D eigenvalue weighted by Gasteiger charge is -2.47. The van der Waals surface area contributed by atoms with Gasteiger partial charge in [0.1, 0.15) is 11.3 Å². The molecule has 1 aliphatic rings. The van der Waals surface area contributed by atoms with Gasteiger partial charge in [-0.15, -0.1) is 0 Å². The molecule has 1 N–H and O–H groups in total. The van der Waals surface area contributed by atoms with Gasteiger partial charge in [-0.05, 0) is 38.5 Å². The van der Waals surface area contributed by atoms with Crippen molar-refractivity contribution < 1.29 is 17.6 Å². The Morgan fingerprint density at radius 2 is 1.91 bits per heavy atom. The van der Waals surface area contributed by atoms with E-state index in [1.54, 1.807) is 20.2 Å². The van der Waals surface area contributed by atoms with E-state index in [1.165, 1.54) is 10.6 Å². The topological polar surface area (TPSA) is 70.0 Å². The van der Waals surface area contributed by atoms with Gasteiger partial charge in [-0.25, -0.2) is 9.18 Å². The van der Waals surface area contributed by atoms with Gasteiger partial charge in [0.25, 0.3) is 0 Å². The second kappa shape index (κ2) is 7.88. The third-order valence-corrected chi connectivity index (χ3v) is 6.27. The minimum atomic E-state index is -4.65. The molecule has 2 aromatic heterocycles. The Bertz CT molecular complexity index is 1200. The number of hydrogen-bond acceptors (Lipinski definition) is 5. The van der Waals surface area contributed by atoms with E-state index in [4.69, 9.17) is 0 Å². The molecule has 0 spiro atoms. The fourth-order valence-electron chi connectivity index (χ4n) is 4.54. The predicted octanol–water partition coefficient (Wildman–Crippen LogP) is 3.47. The van der Waals surface area contributed by atoms with Crippen molar-refractivity contribution in [3.8, 4) is 0 Å². The van der Waals surface area contributed by atoms with Crippen LogP contribution >= 0.6 is 0 Å². The molecule has 0 amide bonds. The highest BCUT2D eigenvalue weighted by Gasteiger charge is 2.39. The van der Waals surface area contributed by atoms with Gasteiger partial charge < -0.3 is 4.90 Å². The van der Waals surface area contributed by atoms with Crippen LogP contribution in [0, 0.1) is 5.82 Å². The lowest BCUT2D eigenvalue weighted by Crippen LogP contribution is -2.57. The van der Waals surface area contributed by atoms with Crippen LogP contribution in [0.4, 0.5) is 23.4 Å². The molecule has 1 unspecified atom stereocenters. The Balaban J connectivity index is 1.66. The van der Waals surface area contributed by atoms with Gasteiger partial charge in [0, 0.05) is 38.3 Å². The molecule has 0 aliphatic carbocycles. The molecular formula is C21H24F4N6O. The second-order valence-corrected chi connectivity index (χ2v) is 8.36. The molecule has 4 rings (SSSR count). The van der Waals surface area contributed by atoms with Crippen LogP contribution in [0.2, 0.25) is 0 Å². The molecule has 1 saturated heterocycles. The minimum absolute atomic E-state index is 0.0362. The summed E-state index contributed by atoms with van der Waals surface area (Å²) in [6.07, 6.45) is -3.09. The van der Waals surface area contributed by atoms with E-state index in [1.807, 2.05) is 23.6 Å². The van der Waals surface area contributed by atoms with E-state index in [9.17, 15) is 22.4 Å². The van der Waals surface area contributed by atoms with E-state index in [-0.39, 0.29) is 17.6 Å². The Hall–Kier alpha value is -2.95. The molecule has 7 nitrogen and oxygen atoms in total. The van der Waals surface area contributed by atoms with Gasteiger partial charge >= 0.3 is 11.9 Å². The first kappa shape index (κ1) is 22.3. The molecule has 32 heavy (non-hydrogen) atoms. The molecular weight excluding hydrogens is 428 g/mol. The number of benzene rings is 1. The lowest BCUT2D eigenvalue weighted by atomic mass is 9.96. The van der Waals surface area contributed by atoms with Crippen molar-refractivity contribution in [1.82, 2.24) is 24.6 Å². The van der Waals surface area contributed by atoms with Crippen molar-refractivity contribution in [2.24, 2.45) is 7.05 Å². The number of fused-ring (bicyclic) bond motifs is 1. The molecule has 1 fully saturated rings. The van der Waals surface area contributed by atoms with Crippen molar-refractivity contribution in [1.29, 1.82) is 0 Å². The number of alkyl halides is 3. The maximum Gasteiger partial charge on any atom is 0.416 e. The number of anilines is 1. The molecule has 0 radical (unpaired) electrons. The fraction of sp³-hybridized carbons (Fsp3) is 0.476. The quantitative estimate of drug-likeness (QED) is 0.617. The number of aryl methyl sites for hydroxylation is 1. The molecule has 3 atom stereocenters. The standard InChI is InChI=1S/C21H24F4N6O/c1-11-10-31(19-18-17(8-26-28-18)29(4)20(32)27-19)12(2)9-30(11)13(3)15-6-5-14(22)7-16(15)21(23,24)25/h5-8,11-13H,9-10H2,1-4H3,(H,26,28)/t11-,12+,13?/m1/s1. The average Bonchev–Trinajstić information content (AvgIpc) is 3.21. The highest BCUT2D eigenvalue weighted by Crippen LogP contribution is 2.38. The average molecular weight is 452 g/mol. The highest BCUT2D eigenvalue weighted by atomic mass is 19.4. The van der Waals surface area contributed by atoms with Gasteiger partial charge in [-0.3, -0.25) is 14.6 Å². The number of nitrogens with one attached hydrogen (secondary N) is 1. The van der Waals surface area contributed by atoms with Gasteiger partial charge in [0.2, 0.25) is 0 Å². The Morgan fingerprint density at radius 3 is 2.59 bits per heavy atom. The van der Waals surface area contributed by atoms with E-state index in [2.05, 4.69) is 15.2 Å². The van der Waals surface area contributed by atoms with Crippen LogP contribution in [0.1, 0.15) is 37.9 Å². The monoisotopic (exact) mass is 452 g/mol. The number of aromatic nitrogens is 4. The van der Waals surface area contributed by atoms with Crippen LogP contribution in [-0.2, 0) is 13.2 Å². The summed E-state index contributed by atoms with van der Waals surface area (Å²) in [5, 5.41) is 6.92. The molecule has 0 saturated carbocycles. The zero-order valence-electron chi connectivity index (χ0n) is 18.1. The van der Waals surface area contributed by atoms with E-state index in [0.717, 1.165) is 6.07 Å². The fourth-order valence-corrected chi connectivity index (χ4v) is 4.54. The van der Waals surface area contributed by atoms with Gasteiger partial charge in [0.15, 0.2) is 5.82 Å². The first-order valence-electron chi connectivity index (χ1n) is 10.3. The zero-order valence-corrected chi connectivity index (χ0v) is 18.1. The number of H-pyrrole nitrogens is 1. The number of aromatic amines is 1. The van der Waals surface area contributed by atoms with Crippen LogP contribution in [0.5, 0.6) is 0 Å². The third-order valence-electron chi connectivity index (χ3n) is 6.27. The zero-order chi connectivity index (χ0) is 23.4. The number of nitrogens with zero attached hydrogens (tertiary/aromatic N) is 5.